The molecule has 0 unspecified atom stereocenters. The van der Waals surface area contributed by atoms with Crippen LogP contribution in [0, 0.1) is 0 Å². The molecule has 4 aromatic carbocycles. The summed E-state index contributed by atoms with van der Waals surface area (Å²) < 4.78 is 8.05. The van der Waals surface area contributed by atoms with Crippen LogP contribution in [0.1, 0.15) is 0 Å². The van der Waals surface area contributed by atoms with Gasteiger partial charge in [0.15, 0.2) is 0 Å². The second kappa shape index (κ2) is 9.41. The Morgan fingerprint density at radius 2 is 1.17 bits per heavy atom. The number of benzene rings is 4. The Morgan fingerprint density at radius 1 is 0.600 bits per heavy atom. The Bertz CT molecular complexity index is 1510. The number of hydrogen-bond acceptors (Lipinski definition) is 4. The van der Waals surface area contributed by atoms with Crippen LogP contribution in [0.2, 0.25) is 0 Å². The van der Waals surface area contributed by atoms with Crippen LogP contribution in [0.3, 0.4) is 0 Å². The topological polar surface area (TPSA) is 12.5 Å². The van der Waals surface area contributed by atoms with Crippen LogP contribution in [-0.2, 0) is 0 Å². The molecule has 2 nitrogen and oxygen atoms in total. The Morgan fingerprint density at radius 3 is 1.77 bits per heavy atom. The van der Waals surface area contributed by atoms with E-state index < -0.39 is 0 Å². The van der Waals surface area contributed by atoms with E-state index in [-0.39, 0.29) is 0 Å². The van der Waals surface area contributed by atoms with E-state index in [0.29, 0.717) is 0 Å². The van der Waals surface area contributed by atoms with Crippen molar-refractivity contribution in [2.75, 3.05) is 12.0 Å². The molecule has 0 aliphatic rings. The van der Waals surface area contributed by atoms with E-state index in [2.05, 4.69) is 113 Å². The highest BCUT2D eigenvalue weighted by atomic mass is 32.1. The lowest BCUT2D eigenvalue weighted by Gasteiger charge is -2.25. The van der Waals surface area contributed by atoms with Crippen LogP contribution in [0.4, 0.5) is 17.1 Å². The molecule has 0 fully saturated rings. The first-order chi connectivity index (χ1) is 17.3. The maximum Gasteiger partial charge on any atom is 0.118 e. The number of methoxy groups -OCH3 is 1. The van der Waals surface area contributed by atoms with Crippen molar-refractivity contribution < 1.29 is 4.74 Å². The van der Waals surface area contributed by atoms with Crippen molar-refractivity contribution in [1.82, 2.24) is 0 Å². The van der Waals surface area contributed by atoms with Crippen molar-refractivity contribution >= 4 is 49.1 Å². The molecule has 35 heavy (non-hydrogen) atoms. The molecule has 4 heteroatoms. The number of nitrogens with zero attached hydrogens (tertiary/aromatic N) is 1. The molecular weight excluding hydrogens is 466 g/mol. The lowest BCUT2D eigenvalue weighted by molar-refractivity contribution is 0.415. The largest absolute Gasteiger partial charge is 0.497 e. The SMILES string of the molecule is COc1ccc(-c2c(-c3ccc(N(c4ccccc4)c4ccccc4)cc3)sc3ccsc23)cc1. The van der Waals surface area contributed by atoms with Gasteiger partial charge in [-0.05, 0) is 71.1 Å². The first-order valence-electron chi connectivity index (χ1n) is 11.5. The number of rotatable bonds is 6. The van der Waals surface area contributed by atoms with Crippen LogP contribution in [0.15, 0.2) is 121 Å². The van der Waals surface area contributed by atoms with Gasteiger partial charge in [0, 0.05) is 32.2 Å². The lowest BCUT2D eigenvalue weighted by Crippen LogP contribution is -2.09. The zero-order valence-electron chi connectivity index (χ0n) is 19.2. The summed E-state index contributed by atoms with van der Waals surface area (Å²) in [7, 11) is 1.71. The van der Waals surface area contributed by atoms with Crippen molar-refractivity contribution in [3.63, 3.8) is 0 Å². The Hall–Kier alpha value is -3.86. The molecular formula is C31H23NOS2. The van der Waals surface area contributed by atoms with E-state index in [4.69, 9.17) is 4.74 Å². The second-order valence-electron chi connectivity index (χ2n) is 8.20. The summed E-state index contributed by atoms with van der Waals surface area (Å²) in [6.45, 7) is 0. The average molecular weight is 490 g/mol. The molecule has 6 rings (SSSR count). The zero-order valence-corrected chi connectivity index (χ0v) is 20.9. The predicted molar refractivity (Wildman–Crippen MR) is 152 cm³/mol. The minimum Gasteiger partial charge on any atom is -0.497 e. The molecule has 0 saturated heterocycles. The van der Waals surface area contributed by atoms with E-state index in [1.165, 1.54) is 31.0 Å². The summed E-state index contributed by atoms with van der Waals surface area (Å²) in [5.41, 5.74) is 7.17. The van der Waals surface area contributed by atoms with Gasteiger partial charge >= 0.3 is 0 Å². The molecule has 2 aromatic heterocycles. The average Bonchev–Trinajstić information content (AvgIpc) is 3.52. The van der Waals surface area contributed by atoms with Crippen LogP contribution in [-0.4, -0.2) is 7.11 Å². The fourth-order valence-electron chi connectivity index (χ4n) is 4.41. The minimum atomic E-state index is 0.874. The van der Waals surface area contributed by atoms with Crippen LogP contribution >= 0.6 is 22.7 Å². The monoisotopic (exact) mass is 489 g/mol. The van der Waals surface area contributed by atoms with Gasteiger partial charge in [0.05, 0.1) is 11.8 Å². The summed E-state index contributed by atoms with van der Waals surface area (Å²) in [5, 5.41) is 2.18. The number of thiophene rings is 2. The van der Waals surface area contributed by atoms with Gasteiger partial charge < -0.3 is 9.64 Å². The molecule has 0 atom stereocenters. The number of para-hydroxylation sites is 2. The minimum absolute atomic E-state index is 0.874. The normalized spacial score (nSPS) is 11.0. The third kappa shape index (κ3) is 4.12. The molecule has 0 saturated carbocycles. The first-order valence-corrected chi connectivity index (χ1v) is 13.2. The Kier molecular flexibility index (Phi) is 5.83. The number of fused-ring (bicyclic) bond motifs is 1. The van der Waals surface area contributed by atoms with Crippen molar-refractivity contribution in [1.29, 1.82) is 0 Å². The number of hydrogen-bond donors (Lipinski definition) is 0. The van der Waals surface area contributed by atoms with Gasteiger partial charge in [-0.15, -0.1) is 22.7 Å². The second-order valence-corrected chi connectivity index (χ2v) is 10.2. The van der Waals surface area contributed by atoms with Crippen molar-refractivity contribution in [3.05, 3.63) is 121 Å². The van der Waals surface area contributed by atoms with Crippen molar-refractivity contribution in [2.24, 2.45) is 0 Å². The quantitative estimate of drug-likeness (QED) is 0.231. The maximum absolute atomic E-state index is 5.38. The highest BCUT2D eigenvalue weighted by Crippen LogP contribution is 2.47. The first kappa shape index (κ1) is 21.7. The lowest BCUT2D eigenvalue weighted by atomic mass is 10.0. The summed E-state index contributed by atoms with van der Waals surface area (Å²) in [6, 6.07) is 40.6. The molecule has 170 valence electrons. The van der Waals surface area contributed by atoms with Crippen LogP contribution in [0.25, 0.3) is 31.0 Å². The fraction of sp³-hybridized carbons (Fsp3) is 0.0323. The van der Waals surface area contributed by atoms with E-state index in [0.717, 1.165) is 22.8 Å². The van der Waals surface area contributed by atoms with Crippen LogP contribution in [0.5, 0.6) is 5.75 Å². The van der Waals surface area contributed by atoms with Gasteiger partial charge in [-0.25, -0.2) is 0 Å². The standard InChI is InChI=1S/C31H23NOS2/c1-33-27-18-14-22(15-19-27)29-30(35-28-20-21-34-31(28)29)23-12-16-26(17-13-23)32(24-8-4-2-5-9-24)25-10-6-3-7-11-25/h2-21H,1H3. The molecule has 0 amide bonds. The maximum atomic E-state index is 5.38. The van der Waals surface area contributed by atoms with Gasteiger partial charge in [-0.2, -0.15) is 0 Å². The van der Waals surface area contributed by atoms with E-state index in [1.807, 2.05) is 34.8 Å². The molecule has 0 bridgehead atoms. The number of ether oxygens (including phenoxy) is 1. The van der Waals surface area contributed by atoms with Crippen LogP contribution < -0.4 is 9.64 Å². The number of anilines is 3. The third-order valence-corrected chi connectivity index (χ3v) is 8.36. The van der Waals surface area contributed by atoms with Gasteiger partial charge in [0.1, 0.15) is 5.75 Å². The molecule has 0 N–H and O–H groups in total. The summed E-state index contributed by atoms with van der Waals surface area (Å²) in [6.07, 6.45) is 0. The third-order valence-electron chi connectivity index (χ3n) is 6.09. The zero-order chi connectivity index (χ0) is 23.6. The molecule has 0 radical (unpaired) electrons. The van der Waals surface area contributed by atoms with Gasteiger partial charge in [-0.3, -0.25) is 0 Å². The Labute approximate surface area is 213 Å². The Balaban J connectivity index is 1.44. The molecule has 6 aromatic rings. The summed E-state index contributed by atoms with van der Waals surface area (Å²) >= 11 is 3.67. The predicted octanol–water partition coefficient (Wildman–Crippen LogP) is 9.78. The van der Waals surface area contributed by atoms with E-state index in [9.17, 15) is 0 Å². The van der Waals surface area contributed by atoms with Gasteiger partial charge in [0.2, 0.25) is 0 Å². The highest BCUT2D eigenvalue weighted by molar-refractivity contribution is 7.29. The molecule has 0 aliphatic heterocycles. The van der Waals surface area contributed by atoms with E-state index >= 15 is 0 Å². The molecule has 0 aliphatic carbocycles. The summed E-state index contributed by atoms with van der Waals surface area (Å²) in [4.78, 5) is 3.59. The van der Waals surface area contributed by atoms with Gasteiger partial charge in [0.25, 0.3) is 0 Å². The highest BCUT2D eigenvalue weighted by Gasteiger charge is 2.18. The van der Waals surface area contributed by atoms with Crippen molar-refractivity contribution in [3.8, 4) is 27.3 Å². The molecule has 0 spiro atoms. The fourth-order valence-corrected chi connectivity index (χ4v) is 6.82. The van der Waals surface area contributed by atoms with E-state index in [1.54, 1.807) is 7.11 Å². The van der Waals surface area contributed by atoms with Gasteiger partial charge in [-0.1, -0.05) is 60.7 Å². The summed E-state index contributed by atoms with van der Waals surface area (Å²) in [5.74, 6) is 0.874. The smallest absolute Gasteiger partial charge is 0.118 e. The van der Waals surface area contributed by atoms with Crippen molar-refractivity contribution in [2.45, 2.75) is 0 Å². The molecule has 2 heterocycles.